The summed E-state index contributed by atoms with van der Waals surface area (Å²) < 4.78 is 26.3. The van der Waals surface area contributed by atoms with Crippen LogP contribution in [0.2, 0.25) is 0 Å². The largest absolute Gasteiger partial charge is 0.326 e. The van der Waals surface area contributed by atoms with E-state index in [1.54, 1.807) is 41.3 Å². The van der Waals surface area contributed by atoms with E-state index in [2.05, 4.69) is 10.0 Å². The number of fused-ring (bicyclic) bond motifs is 1. The third-order valence-corrected chi connectivity index (χ3v) is 7.01. The van der Waals surface area contributed by atoms with Crippen LogP contribution < -0.4 is 14.9 Å². The summed E-state index contributed by atoms with van der Waals surface area (Å²) in [6.07, 6.45) is 1.49. The van der Waals surface area contributed by atoms with Gasteiger partial charge in [-0.25, -0.2) is 13.1 Å². The van der Waals surface area contributed by atoms with Gasteiger partial charge in [-0.1, -0.05) is 13.0 Å². The first kappa shape index (κ1) is 19.6. The Balaban J connectivity index is 1.54. The van der Waals surface area contributed by atoms with Crippen LogP contribution in [0.4, 0.5) is 11.4 Å². The molecule has 0 radical (unpaired) electrons. The van der Waals surface area contributed by atoms with Crippen LogP contribution in [0.5, 0.6) is 0 Å². The second-order valence-electron chi connectivity index (χ2n) is 7.59. The Labute approximate surface area is 170 Å². The highest BCUT2D eigenvalue weighted by molar-refractivity contribution is 7.89. The Kier molecular flexibility index (Phi) is 4.92. The van der Waals surface area contributed by atoms with Crippen LogP contribution in [0.15, 0.2) is 47.4 Å². The average Bonchev–Trinajstić information content (AvgIpc) is 3.30. The van der Waals surface area contributed by atoms with E-state index in [9.17, 15) is 18.0 Å². The van der Waals surface area contributed by atoms with E-state index < -0.39 is 10.0 Å². The first-order chi connectivity index (χ1) is 13.8. The molecule has 152 valence electrons. The maximum atomic E-state index is 13.1. The summed E-state index contributed by atoms with van der Waals surface area (Å²) >= 11 is 0. The van der Waals surface area contributed by atoms with E-state index in [0.717, 1.165) is 12.0 Å². The number of hydrogen-bond donors (Lipinski definition) is 2. The standard InChI is InChI=1S/C21H23N3O4S/c1-13-10-18(13)20(25)23-16-5-3-4-15(11-16)21(26)24-9-8-14-12-17(6-7-19(14)24)29(27,28)22-2/h3-7,11-13,18,22H,8-10H2,1-2H3,(H,23,25). The molecule has 0 bridgehead atoms. The average molecular weight is 413 g/mol. The Hall–Kier alpha value is -2.71. The van der Waals surface area contributed by atoms with E-state index in [1.807, 2.05) is 6.92 Å². The molecule has 0 spiro atoms. The summed E-state index contributed by atoms with van der Waals surface area (Å²) in [5.74, 6) is 0.288. The Morgan fingerprint density at radius 3 is 2.59 bits per heavy atom. The van der Waals surface area contributed by atoms with Gasteiger partial charge in [0.25, 0.3) is 5.91 Å². The molecule has 1 fully saturated rings. The van der Waals surface area contributed by atoms with Gasteiger partial charge in [0.2, 0.25) is 15.9 Å². The number of carbonyl (C=O) groups is 2. The molecule has 1 aliphatic carbocycles. The molecule has 2 atom stereocenters. The number of sulfonamides is 1. The lowest BCUT2D eigenvalue weighted by atomic mass is 10.1. The first-order valence-electron chi connectivity index (χ1n) is 9.59. The van der Waals surface area contributed by atoms with Crippen molar-refractivity contribution in [3.05, 3.63) is 53.6 Å². The van der Waals surface area contributed by atoms with Gasteiger partial charge in [0, 0.05) is 29.4 Å². The van der Waals surface area contributed by atoms with Gasteiger partial charge in [0.05, 0.1) is 4.90 Å². The number of hydrogen-bond acceptors (Lipinski definition) is 4. The monoisotopic (exact) mass is 413 g/mol. The zero-order valence-corrected chi connectivity index (χ0v) is 17.1. The Bertz CT molecular complexity index is 1100. The maximum Gasteiger partial charge on any atom is 0.258 e. The second-order valence-corrected chi connectivity index (χ2v) is 9.48. The van der Waals surface area contributed by atoms with E-state index in [4.69, 9.17) is 0 Å². The van der Waals surface area contributed by atoms with Crippen LogP contribution in [0.3, 0.4) is 0 Å². The maximum absolute atomic E-state index is 13.1. The molecule has 2 amide bonds. The smallest absolute Gasteiger partial charge is 0.258 e. The molecule has 1 aliphatic heterocycles. The van der Waals surface area contributed by atoms with Gasteiger partial charge in [-0.15, -0.1) is 0 Å². The number of nitrogens with zero attached hydrogens (tertiary/aromatic N) is 1. The molecule has 2 aliphatic rings. The number of benzene rings is 2. The van der Waals surface area contributed by atoms with Gasteiger partial charge >= 0.3 is 0 Å². The van der Waals surface area contributed by atoms with Crippen LogP contribution in [0.1, 0.15) is 29.3 Å². The van der Waals surface area contributed by atoms with Gasteiger partial charge < -0.3 is 10.2 Å². The lowest BCUT2D eigenvalue weighted by Gasteiger charge is -2.18. The lowest BCUT2D eigenvalue weighted by molar-refractivity contribution is -0.117. The van der Waals surface area contributed by atoms with Gasteiger partial charge in [0.15, 0.2) is 0 Å². The number of nitrogens with one attached hydrogen (secondary N) is 2. The lowest BCUT2D eigenvalue weighted by Crippen LogP contribution is -2.29. The zero-order chi connectivity index (χ0) is 20.8. The fraction of sp³-hybridized carbons (Fsp3) is 0.333. The molecule has 0 aromatic heterocycles. The summed E-state index contributed by atoms with van der Waals surface area (Å²) in [4.78, 5) is 27.1. The molecule has 1 heterocycles. The Morgan fingerprint density at radius 1 is 1.14 bits per heavy atom. The highest BCUT2D eigenvalue weighted by Crippen LogP contribution is 2.38. The zero-order valence-electron chi connectivity index (χ0n) is 16.3. The molecule has 8 heteroatoms. The highest BCUT2D eigenvalue weighted by Gasteiger charge is 2.39. The molecule has 4 rings (SSSR count). The fourth-order valence-corrected chi connectivity index (χ4v) is 4.46. The minimum absolute atomic E-state index is 0.00751. The summed E-state index contributed by atoms with van der Waals surface area (Å²) in [6.45, 7) is 2.52. The molecule has 2 unspecified atom stereocenters. The van der Waals surface area contributed by atoms with Crippen molar-refractivity contribution in [2.45, 2.75) is 24.7 Å². The minimum Gasteiger partial charge on any atom is -0.326 e. The van der Waals surface area contributed by atoms with Crippen LogP contribution in [0, 0.1) is 11.8 Å². The number of amides is 2. The third kappa shape index (κ3) is 3.77. The minimum atomic E-state index is -3.53. The van der Waals surface area contributed by atoms with Crippen molar-refractivity contribution >= 4 is 33.2 Å². The first-order valence-corrected chi connectivity index (χ1v) is 11.1. The van der Waals surface area contributed by atoms with Gasteiger partial charge in [-0.05, 0) is 67.8 Å². The van der Waals surface area contributed by atoms with Crippen molar-refractivity contribution < 1.29 is 18.0 Å². The van der Waals surface area contributed by atoms with Crippen LogP contribution >= 0.6 is 0 Å². The highest BCUT2D eigenvalue weighted by atomic mass is 32.2. The number of rotatable bonds is 5. The van der Waals surface area contributed by atoms with Gasteiger partial charge in [-0.2, -0.15) is 0 Å². The molecule has 2 aromatic rings. The van der Waals surface area contributed by atoms with Crippen molar-refractivity contribution in [3.63, 3.8) is 0 Å². The molecular weight excluding hydrogens is 390 g/mol. The van der Waals surface area contributed by atoms with E-state index in [-0.39, 0.29) is 22.6 Å². The summed E-state index contributed by atoms with van der Waals surface area (Å²) in [5.41, 5.74) is 2.62. The second kappa shape index (κ2) is 7.27. The van der Waals surface area contributed by atoms with E-state index >= 15 is 0 Å². The molecular formula is C21H23N3O4S. The predicted molar refractivity (Wildman–Crippen MR) is 110 cm³/mol. The summed E-state index contributed by atoms with van der Waals surface area (Å²) in [7, 11) is -2.16. The molecule has 1 saturated carbocycles. The molecule has 0 saturated heterocycles. The molecule has 7 nitrogen and oxygen atoms in total. The van der Waals surface area contributed by atoms with Gasteiger partial charge in [0.1, 0.15) is 0 Å². The van der Waals surface area contributed by atoms with Crippen LogP contribution in [-0.4, -0.2) is 33.8 Å². The third-order valence-electron chi connectivity index (χ3n) is 5.59. The normalized spacial score (nSPS) is 20.3. The molecule has 29 heavy (non-hydrogen) atoms. The molecule has 2 N–H and O–H groups in total. The van der Waals surface area contributed by atoms with Gasteiger partial charge in [-0.3, -0.25) is 9.59 Å². The number of carbonyl (C=O) groups excluding carboxylic acids is 2. The quantitative estimate of drug-likeness (QED) is 0.787. The van der Waals surface area contributed by atoms with Crippen LogP contribution in [-0.2, 0) is 21.2 Å². The molecule has 2 aromatic carbocycles. The SMILES string of the molecule is CNS(=O)(=O)c1ccc2c(c1)CCN2C(=O)c1cccc(NC(=O)C2CC2C)c1. The fourth-order valence-electron chi connectivity index (χ4n) is 3.68. The Morgan fingerprint density at radius 2 is 1.90 bits per heavy atom. The number of anilines is 2. The van der Waals surface area contributed by atoms with E-state index in [0.29, 0.717) is 35.8 Å². The summed E-state index contributed by atoms with van der Waals surface area (Å²) in [6, 6.07) is 11.7. The summed E-state index contributed by atoms with van der Waals surface area (Å²) in [5, 5.41) is 2.89. The topological polar surface area (TPSA) is 95.6 Å². The van der Waals surface area contributed by atoms with Crippen molar-refractivity contribution in [2.75, 3.05) is 23.8 Å². The van der Waals surface area contributed by atoms with Crippen molar-refractivity contribution in [1.29, 1.82) is 0 Å². The van der Waals surface area contributed by atoms with Crippen molar-refractivity contribution in [1.82, 2.24) is 4.72 Å². The predicted octanol–water partition coefficient (Wildman–Crippen LogP) is 2.39. The van der Waals surface area contributed by atoms with Crippen molar-refractivity contribution in [2.24, 2.45) is 11.8 Å². The van der Waals surface area contributed by atoms with Crippen LogP contribution in [0.25, 0.3) is 0 Å². The van der Waals surface area contributed by atoms with E-state index in [1.165, 1.54) is 13.1 Å². The van der Waals surface area contributed by atoms with Crippen molar-refractivity contribution in [3.8, 4) is 0 Å².